The molecule has 0 aromatic carbocycles. The monoisotopic (exact) mass is 479 g/mol. The van der Waals surface area contributed by atoms with Crippen molar-refractivity contribution in [1.29, 1.82) is 0 Å². The summed E-state index contributed by atoms with van der Waals surface area (Å²) in [5.41, 5.74) is 2.25. The molecule has 0 N–H and O–H groups in total. The Kier molecular flexibility index (Phi) is 5.94. The topological polar surface area (TPSA) is 80.6 Å². The molecule has 0 unspecified atom stereocenters. The maximum atomic E-state index is 11.8. The fourth-order valence-electron chi connectivity index (χ4n) is 5.51. The van der Waals surface area contributed by atoms with Crippen molar-refractivity contribution in [3.63, 3.8) is 0 Å². The third kappa shape index (κ3) is 4.16. The molecule has 2 saturated heterocycles. The lowest BCUT2D eigenvalue weighted by molar-refractivity contribution is -0.112. The van der Waals surface area contributed by atoms with E-state index in [2.05, 4.69) is 35.1 Å². The van der Waals surface area contributed by atoms with E-state index in [0.29, 0.717) is 19.1 Å². The van der Waals surface area contributed by atoms with Crippen LogP contribution in [-0.4, -0.2) is 71.2 Å². The molecular formula is C22H33N5O3S2. The van der Waals surface area contributed by atoms with Crippen LogP contribution < -0.4 is 0 Å². The van der Waals surface area contributed by atoms with Gasteiger partial charge in [-0.25, -0.2) is 13.1 Å². The van der Waals surface area contributed by atoms with Gasteiger partial charge in [0.2, 0.25) is 10.0 Å². The average molecular weight is 480 g/mol. The van der Waals surface area contributed by atoms with Crippen LogP contribution in [0, 0.1) is 0 Å². The van der Waals surface area contributed by atoms with Crippen LogP contribution in [-0.2, 0) is 39.7 Å². The van der Waals surface area contributed by atoms with Crippen LogP contribution in [0.1, 0.15) is 60.2 Å². The first-order valence-electron chi connectivity index (χ1n) is 11.6. The first kappa shape index (κ1) is 22.5. The first-order valence-corrected chi connectivity index (χ1v) is 14.3. The molecule has 5 rings (SSSR count). The molecule has 176 valence electrons. The SMILES string of the molecule is CCc1cc2c(s1)CCO[C@@]21CCN(Cc2cn([C@H]3CCN(S(C)(=O)=O)C3)nn2)[C@@H](C)C1. The van der Waals surface area contributed by atoms with E-state index in [1.54, 1.807) is 0 Å². The minimum absolute atomic E-state index is 0.0634. The van der Waals surface area contributed by atoms with Gasteiger partial charge in [0.15, 0.2) is 0 Å². The minimum Gasteiger partial charge on any atom is -0.370 e. The fourth-order valence-corrected chi connectivity index (χ4v) is 7.57. The Bertz CT molecular complexity index is 1080. The molecule has 3 aliphatic heterocycles. The van der Waals surface area contributed by atoms with Gasteiger partial charge in [0.05, 0.1) is 36.4 Å². The summed E-state index contributed by atoms with van der Waals surface area (Å²) in [5, 5.41) is 8.73. The van der Waals surface area contributed by atoms with Crippen molar-refractivity contribution in [2.24, 2.45) is 0 Å². The summed E-state index contributed by atoms with van der Waals surface area (Å²) in [6.07, 6.45) is 8.18. The molecule has 3 atom stereocenters. The van der Waals surface area contributed by atoms with Crippen molar-refractivity contribution in [2.75, 3.05) is 32.5 Å². The second kappa shape index (κ2) is 8.47. The highest BCUT2D eigenvalue weighted by Crippen LogP contribution is 2.46. The summed E-state index contributed by atoms with van der Waals surface area (Å²) in [4.78, 5) is 5.46. The zero-order valence-electron chi connectivity index (χ0n) is 19.2. The Morgan fingerprint density at radius 2 is 2.19 bits per heavy atom. The third-order valence-corrected chi connectivity index (χ3v) is 9.96. The number of hydrogen-bond donors (Lipinski definition) is 0. The second-order valence-electron chi connectivity index (χ2n) is 9.52. The van der Waals surface area contributed by atoms with Crippen LogP contribution >= 0.6 is 11.3 Å². The van der Waals surface area contributed by atoms with Crippen molar-refractivity contribution < 1.29 is 13.2 Å². The van der Waals surface area contributed by atoms with Crippen LogP contribution in [0.25, 0.3) is 0 Å². The van der Waals surface area contributed by atoms with Crippen molar-refractivity contribution in [3.8, 4) is 0 Å². The number of nitrogens with zero attached hydrogens (tertiary/aromatic N) is 5. The molecule has 0 amide bonds. The van der Waals surface area contributed by atoms with Crippen molar-refractivity contribution in [3.05, 3.63) is 33.3 Å². The minimum atomic E-state index is -3.15. The van der Waals surface area contributed by atoms with Crippen LogP contribution in [0.15, 0.2) is 12.3 Å². The summed E-state index contributed by atoms with van der Waals surface area (Å²) in [5.74, 6) is 0. The number of rotatable bonds is 5. The highest BCUT2D eigenvalue weighted by molar-refractivity contribution is 7.88. The van der Waals surface area contributed by atoms with Crippen molar-refractivity contribution >= 4 is 21.4 Å². The van der Waals surface area contributed by atoms with Crippen LogP contribution in [0.4, 0.5) is 0 Å². The van der Waals surface area contributed by atoms with E-state index in [-0.39, 0.29) is 11.6 Å². The maximum absolute atomic E-state index is 11.8. The third-order valence-electron chi connectivity index (χ3n) is 7.35. The zero-order chi connectivity index (χ0) is 22.5. The zero-order valence-corrected chi connectivity index (χ0v) is 20.8. The highest BCUT2D eigenvalue weighted by Gasteiger charge is 2.44. The average Bonchev–Trinajstić information content (AvgIpc) is 3.49. The Morgan fingerprint density at radius 3 is 2.91 bits per heavy atom. The molecule has 32 heavy (non-hydrogen) atoms. The summed E-state index contributed by atoms with van der Waals surface area (Å²) in [6.45, 7) is 8.10. The molecule has 0 radical (unpaired) electrons. The van der Waals surface area contributed by atoms with Gasteiger partial charge in [-0.3, -0.25) is 4.90 Å². The Labute approximate surface area is 194 Å². The smallest absolute Gasteiger partial charge is 0.211 e. The maximum Gasteiger partial charge on any atom is 0.211 e. The molecule has 2 aromatic heterocycles. The van der Waals surface area contributed by atoms with Crippen LogP contribution in [0.5, 0.6) is 0 Å². The van der Waals surface area contributed by atoms with E-state index in [0.717, 1.165) is 57.5 Å². The number of sulfonamides is 1. The van der Waals surface area contributed by atoms with Gasteiger partial charge in [-0.05, 0) is 44.2 Å². The highest BCUT2D eigenvalue weighted by atomic mass is 32.2. The Morgan fingerprint density at radius 1 is 1.34 bits per heavy atom. The molecule has 8 nitrogen and oxygen atoms in total. The number of aromatic nitrogens is 3. The molecule has 0 saturated carbocycles. The molecule has 0 aliphatic carbocycles. The number of fused-ring (bicyclic) bond motifs is 2. The van der Waals surface area contributed by atoms with Gasteiger partial charge in [0.1, 0.15) is 0 Å². The predicted octanol–water partition coefficient (Wildman–Crippen LogP) is 2.56. The largest absolute Gasteiger partial charge is 0.370 e. The molecule has 3 aliphatic rings. The quantitative estimate of drug-likeness (QED) is 0.656. The summed E-state index contributed by atoms with van der Waals surface area (Å²) >= 11 is 1.97. The molecule has 0 bridgehead atoms. The number of piperidine rings is 1. The Balaban J connectivity index is 1.24. The Hall–Kier alpha value is -1.33. The van der Waals surface area contributed by atoms with E-state index in [4.69, 9.17) is 4.74 Å². The van der Waals surface area contributed by atoms with Crippen LogP contribution in [0.2, 0.25) is 0 Å². The molecule has 2 fully saturated rings. The van der Waals surface area contributed by atoms with E-state index in [1.807, 2.05) is 22.2 Å². The van der Waals surface area contributed by atoms with Gasteiger partial charge < -0.3 is 4.74 Å². The number of aryl methyl sites for hydroxylation is 1. The van der Waals surface area contributed by atoms with Crippen LogP contribution in [0.3, 0.4) is 0 Å². The van der Waals surface area contributed by atoms with E-state index in [9.17, 15) is 8.42 Å². The lowest BCUT2D eigenvalue weighted by atomic mass is 9.79. The molecule has 2 aromatic rings. The molecule has 1 spiro atoms. The molecule has 10 heteroatoms. The van der Waals surface area contributed by atoms with Crippen molar-refractivity contribution in [2.45, 2.75) is 70.2 Å². The van der Waals surface area contributed by atoms with Gasteiger partial charge in [-0.1, -0.05) is 12.1 Å². The van der Waals surface area contributed by atoms with E-state index >= 15 is 0 Å². The standard InChI is InChI=1S/C22H33N5O3S2/c1-4-19-11-20-21(31-19)6-10-30-22(20)7-9-25(16(2)12-22)13-17-14-27(24-23-17)18-5-8-26(15-18)32(3,28)29/h11,14,16,18H,4-10,12-13,15H2,1-3H3/t16-,18-,22+/m0/s1. The first-order chi connectivity index (χ1) is 15.3. The number of likely N-dealkylation sites (tertiary alicyclic amines) is 1. The lowest BCUT2D eigenvalue weighted by Gasteiger charge is -2.47. The van der Waals surface area contributed by atoms with Gasteiger partial charge in [0.25, 0.3) is 0 Å². The van der Waals surface area contributed by atoms with Crippen molar-refractivity contribution in [1.82, 2.24) is 24.2 Å². The van der Waals surface area contributed by atoms with E-state index < -0.39 is 10.0 Å². The number of ether oxygens (including phenoxy) is 1. The summed E-state index contributed by atoms with van der Waals surface area (Å²) in [7, 11) is -3.15. The summed E-state index contributed by atoms with van der Waals surface area (Å²) < 4.78 is 33.4. The fraction of sp³-hybridized carbons (Fsp3) is 0.727. The molecular weight excluding hydrogens is 446 g/mol. The summed E-state index contributed by atoms with van der Waals surface area (Å²) in [6, 6.07) is 2.85. The van der Waals surface area contributed by atoms with Gasteiger partial charge in [-0.2, -0.15) is 4.31 Å². The molecule has 5 heterocycles. The number of hydrogen-bond acceptors (Lipinski definition) is 7. The second-order valence-corrected chi connectivity index (χ2v) is 12.7. The van der Waals surface area contributed by atoms with Gasteiger partial charge >= 0.3 is 0 Å². The predicted molar refractivity (Wildman–Crippen MR) is 124 cm³/mol. The number of thiophene rings is 1. The lowest BCUT2D eigenvalue weighted by Crippen LogP contribution is -2.50. The van der Waals surface area contributed by atoms with E-state index in [1.165, 1.54) is 25.9 Å². The normalized spacial score (nSPS) is 29.6. The van der Waals surface area contributed by atoms with Gasteiger partial charge in [-0.15, -0.1) is 16.4 Å². The van der Waals surface area contributed by atoms with Gasteiger partial charge in [0, 0.05) is 48.4 Å².